The maximum atomic E-state index is 12.8. The normalized spacial score (nSPS) is 10.6. The second kappa shape index (κ2) is 9.21. The van der Waals surface area contributed by atoms with Crippen molar-refractivity contribution in [2.75, 3.05) is 14.2 Å². The van der Waals surface area contributed by atoms with E-state index in [1.54, 1.807) is 42.1 Å². The fraction of sp³-hybridized carbons (Fsp3) is 0.167. The molecular formula is C24H23N3O4. The zero-order chi connectivity index (χ0) is 21.6. The molecule has 1 amide bonds. The van der Waals surface area contributed by atoms with Gasteiger partial charge in [0.2, 0.25) is 0 Å². The van der Waals surface area contributed by atoms with E-state index < -0.39 is 0 Å². The number of nitrogens with zero attached hydrogens (tertiary/aromatic N) is 3. The zero-order valence-electron chi connectivity index (χ0n) is 17.4. The van der Waals surface area contributed by atoms with E-state index in [9.17, 15) is 4.79 Å². The molecule has 31 heavy (non-hydrogen) atoms. The summed E-state index contributed by atoms with van der Waals surface area (Å²) in [6.07, 6.45) is 3.67. The molecular weight excluding hydrogens is 394 g/mol. The molecule has 0 fully saturated rings. The van der Waals surface area contributed by atoms with Crippen molar-refractivity contribution in [3.05, 3.63) is 96.2 Å². The Morgan fingerprint density at radius 3 is 2.55 bits per heavy atom. The Bertz CT molecular complexity index is 1150. The first-order valence-corrected chi connectivity index (χ1v) is 9.83. The average Bonchev–Trinajstić information content (AvgIpc) is 3.48. The molecule has 0 atom stereocenters. The Morgan fingerprint density at radius 1 is 1.03 bits per heavy atom. The maximum Gasteiger partial charge on any atom is 0.289 e. The monoisotopic (exact) mass is 417 g/mol. The molecule has 0 aliphatic heterocycles. The molecule has 0 radical (unpaired) electrons. The van der Waals surface area contributed by atoms with Crippen molar-refractivity contribution in [3.8, 4) is 17.2 Å². The van der Waals surface area contributed by atoms with Crippen molar-refractivity contribution < 1.29 is 18.7 Å². The van der Waals surface area contributed by atoms with Crippen LogP contribution in [-0.4, -0.2) is 34.7 Å². The highest BCUT2D eigenvalue weighted by Crippen LogP contribution is 2.27. The van der Waals surface area contributed by atoms with E-state index in [0.29, 0.717) is 23.8 Å². The van der Waals surface area contributed by atoms with Crippen LogP contribution >= 0.6 is 0 Å². The standard InChI is InChI=1S/C24H23N3O4/c1-26(15-18-14-25-27(16-18)19-8-4-3-5-9-19)24(28)23-13-12-20(31-23)17-30-22-11-7-6-10-21(22)29-2/h3-14,16H,15,17H2,1-2H3. The van der Waals surface area contributed by atoms with Gasteiger partial charge in [0.1, 0.15) is 12.4 Å². The van der Waals surface area contributed by atoms with Crippen LogP contribution in [-0.2, 0) is 13.2 Å². The number of hydrogen-bond donors (Lipinski definition) is 0. The first-order chi connectivity index (χ1) is 15.1. The van der Waals surface area contributed by atoms with Gasteiger partial charge in [0.15, 0.2) is 17.3 Å². The molecule has 0 saturated carbocycles. The summed E-state index contributed by atoms with van der Waals surface area (Å²) in [5.41, 5.74) is 1.89. The van der Waals surface area contributed by atoms with Crippen LogP contribution in [0, 0.1) is 0 Å². The van der Waals surface area contributed by atoms with E-state index in [1.165, 1.54) is 0 Å². The number of methoxy groups -OCH3 is 1. The lowest BCUT2D eigenvalue weighted by Crippen LogP contribution is -2.25. The van der Waals surface area contributed by atoms with Crippen molar-refractivity contribution in [2.24, 2.45) is 0 Å². The van der Waals surface area contributed by atoms with Gasteiger partial charge in [0.25, 0.3) is 5.91 Å². The Labute approximate surface area is 180 Å². The molecule has 0 aliphatic rings. The Morgan fingerprint density at radius 2 is 1.77 bits per heavy atom. The molecule has 4 rings (SSSR count). The largest absolute Gasteiger partial charge is 0.493 e. The van der Waals surface area contributed by atoms with E-state index in [4.69, 9.17) is 13.9 Å². The second-order valence-electron chi connectivity index (χ2n) is 7.00. The highest BCUT2D eigenvalue weighted by atomic mass is 16.5. The molecule has 4 aromatic rings. The molecule has 158 valence electrons. The van der Waals surface area contributed by atoms with Crippen LogP contribution in [0.25, 0.3) is 5.69 Å². The summed E-state index contributed by atoms with van der Waals surface area (Å²) in [4.78, 5) is 14.4. The van der Waals surface area contributed by atoms with Gasteiger partial charge in [-0.3, -0.25) is 4.79 Å². The van der Waals surface area contributed by atoms with Gasteiger partial charge in [-0.25, -0.2) is 4.68 Å². The third-order valence-corrected chi connectivity index (χ3v) is 4.73. The summed E-state index contributed by atoms with van der Waals surface area (Å²) in [7, 11) is 3.32. The highest BCUT2D eigenvalue weighted by molar-refractivity contribution is 5.91. The Hall–Kier alpha value is -4.00. The lowest BCUT2D eigenvalue weighted by molar-refractivity contribution is 0.0749. The summed E-state index contributed by atoms with van der Waals surface area (Å²) >= 11 is 0. The number of benzene rings is 2. The average molecular weight is 417 g/mol. The first-order valence-electron chi connectivity index (χ1n) is 9.83. The van der Waals surface area contributed by atoms with Crippen LogP contribution in [0.15, 0.2) is 83.5 Å². The maximum absolute atomic E-state index is 12.8. The predicted molar refractivity (Wildman–Crippen MR) is 115 cm³/mol. The van der Waals surface area contributed by atoms with Crippen LogP contribution in [0.4, 0.5) is 0 Å². The number of carbonyl (C=O) groups is 1. The fourth-order valence-corrected chi connectivity index (χ4v) is 3.15. The third kappa shape index (κ3) is 4.78. The van der Waals surface area contributed by atoms with E-state index in [1.807, 2.05) is 60.8 Å². The second-order valence-corrected chi connectivity index (χ2v) is 7.00. The highest BCUT2D eigenvalue weighted by Gasteiger charge is 2.17. The van der Waals surface area contributed by atoms with E-state index >= 15 is 0 Å². The minimum atomic E-state index is -0.212. The number of carbonyl (C=O) groups excluding carboxylic acids is 1. The Balaban J connectivity index is 1.36. The van der Waals surface area contributed by atoms with E-state index in [-0.39, 0.29) is 18.3 Å². The predicted octanol–water partition coefficient (Wildman–Crippen LogP) is 4.33. The van der Waals surface area contributed by atoms with Crippen LogP contribution in [0.2, 0.25) is 0 Å². The summed E-state index contributed by atoms with van der Waals surface area (Å²) in [6.45, 7) is 0.612. The van der Waals surface area contributed by atoms with Gasteiger partial charge in [-0.15, -0.1) is 0 Å². The van der Waals surface area contributed by atoms with Gasteiger partial charge >= 0.3 is 0 Å². The SMILES string of the molecule is COc1ccccc1OCc1ccc(C(=O)N(C)Cc2cnn(-c3ccccc3)c2)o1. The van der Waals surface area contributed by atoms with Crippen molar-refractivity contribution in [2.45, 2.75) is 13.2 Å². The number of para-hydroxylation sites is 3. The summed E-state index contributed by atoms with van der Waals surface area (Å²) < 4.78 is 18.5. The van der Waals surface area contributed by atoms with Crippen LogP contribution < -0.4 is 9.47 Å². The molecule has 0 saturated heterocycles. The number of ether oxygens (including phenoxy) is 2. The van der Waals surface area contributed by atoms with Crippen LogP contribution in [0.3, 0.4) is 0 Å². The van der Waals surface area contributed by atoms with E-state index in [0.717, 1.165) is 11.3 Å². The van der Waals surface area contributed by atoms with Crippen LogP contribution in [0.1, 0.15) is 21.9 Å². The topological polar surface area (TPSA) is 69.7 Å². The molecule has 7 nitrogen and oxygen atoms in total. The van der Waals surface area contributed by atoms with Crippen molar-refractivity contribution in [1.82, 2.24) is 14.7 Å². The van der Waals surface area contributed by atoms with Crippen molar-refractivity contribution >= 4 is 5.91 Å². The van der Waals surface area contributed by atoms with Crippen molar-refractivity contribution in [1.29, 1.82) is 0 Å². The minimum absolute atomic E-state index is 0.196. The summed E-state index contributed by atoms with van der Waals surface area (Å²) in [6, 6.07) is 20.6. The number of hydrogen-bond acceptors (Lipinski definition) is 5. The van der Waals surface area contributed by atoms with Gasteiger partial charge in [0.05, 0.1) is 19.0 Å². The van der Waals surface area contributed by atoms with E-state index in [2.05, 4.69) is 5.10 Å². The quantitative estimate of drug-likeness (QED) is 0.427. The van der Waals surface area contributed by atoms with Crippen LogP contribution in [0.5, 0.6) is 11.5 Å². The molecule has 0 bridgehead atoms. The number of aromatic nitrogens is 2. The van der Waals surface area contributed by atoms with Gasteiger partial charge in [0, 0.05) is 25.4 Å². The Kier molecular flexibility index (Phi) is 6.03. The van der Waals surface area contributed by atoms with Gasteiger partial charge in [-0.2, -0.15) is 5.10 Å². The number of furan rings is 1. The fourth-order valence-electron chi connectivity index (χ4n) is 3.15. The zero-order valence-corrected chi connectivity index (χ0v) is 17.4. The minimum Gasteiger partial charge on any atom is -0.493 e. The van der Waals surface area contributed by atoms with Gasteiger partial charge < -0.3 is 18.8 Å². The smallest absolute Gasteiger partial charge is 0.289 e. The molecule has 7 heteroatoms. The third-order valence-electron chi connectivity index (χ3n) is 4.73. The molecule has 0 unspecified atom stereocenters. The first kappa shape index (κ1) is 20.3. The summed E-state index contributed by atoms with van der Waals surface area (Å²) in [5.74, 6) is 1.86. The molecule has 2 aromatic heterocycles. The molecule has 0 N–H and O–H groups in total. The van der Waals surface area contributed by atoms with Gasteiger partial charge in [-0.1, -0.05) is 30.3 Å². The summed E-state index contributed by atoms with van der Waals surface area (Å²) in [5, 5.41) is 4.37. The van der Waals surface area contributed by atoms with Crippen molar-refractivity contribution in [3.63, 3.8) is 0 Å². The van der Waals surface area contributed by atoms with Gasteiger partial charge in [-0.05, 0) is 36.4 Å². The number of amides is 1. The molecule has 2 heterocycles. The lowest BCUT2D eigenvalue weighted by Gasteiger charge is -2.14. The molecule has 0 aliphatic carbocycles. The number of rotatable bonds is 8. The molecule has 2 aromatic carbocycles. The lowest BCUT2D eigenvalue weighted by atomic mass is 10.3. The molecule has 0 spiro atoms.